The Bertz CT molecular complexity index is 442. The first-order chi connectivity index (χ1) is 10.2. The first-order valence-electron chi connectivity index (χ1n) is 7.82. The maximum atomic E-state index is 12.3. The Morgan fingerprint density at radius 1 is 1.38 bits per heavy atom. The molecule has 0 amide bonds. The second-order valence-corrected chi connectivity index (χ2v) is 5.64. The quantitative estimate of drug-likeness (QED) is 0.784. The Labute approximate surface area is 126 Å². The number of Topliss-reactive ketones (excluding diaryl/α,β-unsaturated/α-hetero) is 1. The van der Waals surface area contributed by atoms with E-state index >= 15 is 0 Å². The van der Waals surface area contributed by atoms with Crippen molar-refractivity contribution < 1.29 is 14.6 Å². The molecule has 1 aromatic rings. The van der Waals surface area contributed by atoms with Crippen LogP contribution in [-0.4, -0.2) is 48.6 Å². The Balaban J connectivity index is 1.88. The Morgan fingerprint density at radius 3 is 2.81 bits per heavy atom. The highest BCUT2D eigenvalue weighted by Gasteiger charge is 2.21. The fraction of sp³-hybridized carbons (Fsp3) is 0.588. The number of rotatable bonds is 7. The summed E-state index contributed by atoms with van der Waals surface area (Å²) in [5.74, 6) is 1.48. The molecule has 1 aliphatic heterocycles. The van der Waals surface area contributed by atoms with Gasteiger partial charge >= 0.3 is 0 Å². The number of likely N-dealkylation sites (tertiary alicyclic amines) is 1. The molecule has 0 saturated carbocycles. The number of ether oxygens (including phenoxy) is 1. The summed E-state index contributed by atoms with van der Waals surface area (Å²) in [5.41, 5.74) is 0.739. The van der Waals surface area contributed by atoms with Gasteiger partial charge in [-0.3, -0.25) is 9.69 Å². The van der Waals surface area contributed by atoms with E-state index in [1.54, 1.807) is 0 Å². The minimum Gasteiger partial charge on any atom is -0.494 e. The minimum absolute atomic E-state index is 0.155. The van der Waals surface area contributed by atoms with Crippen LogP contribution in [0.1, 0.15) is 36.5 Å². The number of carbonyl (C=O) groups is 1. The molecule has 1 saturated heterocycles. The SMILES string of the molecule is CCOc1ccc(C(=O)CN2CCCC(CCO)C2)cc1. The first kappa shape index (κ1) is 16.0. The smallest absolute Gasteiger partial charge is 0.176 e. The van der Waals surface area contributed by atoms with Gasteiger partial charge in [0.05, 0.1) is 13.2 Å². The van der Waals surface area contributed by atoms with Crippen LogP contribution < -0.4 is 4.74 Å². The Morgan fingerprint density at radius 2 is 2.14 bits per heavy atom. The molecule has 1 aliphatic rings. The molecule has 21 heavy (non-hydrogen) atoms. The van der Waals surface area contributed by atoms with E-state index in [1.165, 1.54) is 0 Å². The van der Waals surface area contributed by atoms with Crippen LogP contribution in [-0.2, 0) is 0 Å². The minimum atomic E-state index is 0.155. The van der Waals surface area contributed by atoms with Gasteiger partial charge in [-0.2, -0.15) is 0 Å². The lowest BCUT2D eigenvalue weighted by Gasteiger charge is -2.31. The number of carbonyl (C=O) groups excluding carboxylic acids is 1. The molecule has 1 unspecified atom stereocenters. The molecule has 116 valence electrons. The van der Waals surface area contributed by atoms with Crippen molar-refractivity contribution in [2.45, 2.75) is 26.2 Å². The summed E-state index contributed by atoms with van der Waals surface area (Å²) in [6.07, 6.45) is 3.11. The van der Waals surface area contributed by atoms with Gasteiger partial charge in [-0.05, 0) is 62.9 Å². The number of aliphatic hydroxyl groups excluding tert-OH is 1. The average molecular weight is 291 g/mol. The molecule has 2 rings (SSSR count). The van der Waals surface area contributed by atoms with Crippen molar-refractivity contribution in [1.29, 1.82) is 0 Å². The lowest BCUT2D eigenvalue weighted by Crippen LogP contribution is -2.39. The van der Waals surface area contributed by atoms with Crippen molar-refractivity contribution in [2.24, 2.45) is 5.92 Å². The summed E-state index contributed by atoms with van der Waals surface area (Å²) in [5, 5.41) is 9.04. The van der Waals surface area contributed by atoms with Gasteiger partial charge in [0.1, 0.15) is 5.75 Å². The van der Waals surface area contributed by atoms with Gasteiger partial charge in [0.2, 0.25) is 0 Å². The number of ketones is 1. The molecule has 1 atom stereocenters. The van der Waals surface area contributed by atoms with Crippen LogP contribution in [0, 0.1) is 5.92 Å². The van der Waals surface area contributed by atoms with Crippen molar-refractivity contribution >= 4 is 5.78 Å². The van der Waals surface area contributed by atoms with Crippen molar-refractivity contribution in [2.75, 3.05) is 32.8 Å². The largest absolute Gasteiger partial charge is 0.494 e. The molecule has 0 radical (unpaired) electrons. The Hall–Kier alpha value is -1.39. The second kappa shape index (κ2) is 8.15. The fourth-order valence-corrected chi connectivity index (χ4v) is 2.91. The summed E-state index contributed by atoms with van der Waals surface area (Å²) >= 11 is 0. The third-order valence-electron chi connectivity index (χ3n) is 3.99. The van der Waals surface area contributed by atoms with Gasteiger partial charge in [-0.25, -0.2) is 0 Å². The predicted molar refractivity (Wildman–Crippen MR) is 82.8 cm³/mol. The van der Waals surface area contributed by atoms with Crippen LogP contribution in [0.15, 0.2) is 24.3 Å². The molecule has 0 bridgehead atoms. The summed E-state index contributed by atoms with van der Waals surface area (Å²) in [4.78, 5) is 14.5. The molecule has 4 nitrogen and oxygen atoms in total. The van der Waals surface area contributed by atoms with E-state index in [0.29, 0.717) is 19.1 Å². The van der Waals surface area contributed by atoms with Crippen LogP contribution in [0.5, 0.6) is 5.75 Å². The molecule has 0 aliphatic carbocycles. The zero-order chi connectivity index (χ0) is 15.1. The topological polar surface area (TPSA) is 49.8 Å². The number of hydrogen-bond donors (Lipinski definition) is 1. The lowest BCUT2D eigenvalue weighted by molar-refractivity contribution is 0.0871. The number of aliphatic hydroxyl groups is 1. The summed E-state index contributed by atoms with van der Waals surface area (Å²) in [7, 11) is 0. The average Bonchev–Trinajstić information content (AvgIpc) is 2.49. The van der Waals surface area contributed by atoms with Gasteiger partial charge in [0, 0.05) is 18.7 Å². The highest BCUT2D eigenvalue weighted by atomic mass is 16.5. The van der Waals surface area contributed by atoms with E-state index < -0.39 is 0 Å². The molecule has 4 heteroatoms. The number of hydrogen-bond acceptors (Lipinski definition) is 4. The third kappa shape index (κ3) is 4.83. The van der Waals surface area contributed by atoms with Gasteiger partial charge < -0.3 is 9.84 Å². The molecule has 0 aromatic heterocycles. The van der Waals surface area contributed by atoms with Crippen LogP contribution in [0.2, 0.25) is 0 Å². The van der Waals surface area contributed by atoms with E-state index in [9.17, 15) is 4.79 Å². The normalized spacial score (nSPS) is 19.4. The summed E-state index contributed by atoms with van der Waals surface area (Å²) < 4.78 is 5.39. The summed E-state index contributed by atoms with van der Waals surface area (Å²) in [6, 6.07) is 7.37. The molecule has 1 aromatic carbocycles. The lowest BCUT2D eigenvalue weighted by atomic mass is 9.95. The zero-order valence-corrected chi connectivity index (χ0v) is 12.8. The van der Waals surface area contributed by atoms with Crippen LogP contribution >= 0.6 is 0 Å². The van der Waals surface area contributed by atoms with Crippen molar-refractivity contribution in [3.05, 3.63) is 29.8 Å². The van der Waals surface area contributed by atoms with Crippen LogP contribution in [0.3, 0.4) is 0 Å². The molecule has 1 N–H and O–H groups in total. The molecule has 1 fully saturated rings. The van der Waals surface area contributed by atoms with Crippen LogP contribution in [0.4, 0.5) is 0 Å². The van der Waals surface area contributed by atoms with Gasteiger partial charge in [0.15, 0.2) is 5.78 Å². The maximum absolute atomic E-state index is 12.3. The van der Waals surface area contributed by atoms with Gasteiger partial charge in [-0.1, -0.05) is 0 Å². The monoisotopic (exact) mass is 291 g/mol. The molecular formula is C17H25NO3. The molecule has 1 heterocycles. The maximum Gasteiger partial charge on any atom is 0.176 e. The highest BCUT2D eigenvalue weighted by molar-refractivity contribution is 5.97. The van der Waals surface area contributed by atoms with E-state index in [2.05, 4.69) is 4.90 Å². The first-order valence-corrected chi connectivity index (χ1v) is 7.82. The molecular weight excluding hydrogens is 266 g/mol. The van der Waals surface area contributed by atoms with Crippen molar-refractivity contribution in [3.63, 3.8) is 0 Å². The van der Waals surface area contributed by atoms with E-state index in [1.807, 2.05) is 31.2 Å². The third-order valence-corrected chi connectivity index (χ3v) is 3.99. The predicted octanol–water partition coefficient (Wildman–Crippen LogP) is 2.36. The van der Waals surface area contributed by atoms with Gasteiger partial charge in [0.25, 0.3) is 0 Å². The highest BCUT2D eigenvalue weighted by Crippen LogP contribution is 2.20. The second-order valence-electron chi connectivity index (χ2n) is 5.64. The number of piperidine rings is 1. The van der Waals surface area contributed by atoms with E-state index in [-0.39, 0.29) is 12.4 Å². The molecule has 0 spiro atoms. The van der Waals surface area contributed by atoms with Crippen molar-refractivity contribution in [3.8, 4) is 5.75 Å². The Kier molecular flexibility index (Phi) is 6.21. The standard InChI is InChI=1S/C17H25NO3/c1-2-21-16-7-5-15(6-8-16)17(20)13-18-10-3-4-14(12-18)9-11-19/h5-8,14,19H,2-4,9-13H2,1H3. The van der Waals surface area contributed by atoms with Crippen LogP contribution in [0.25, 0.3) is 0 Å². The van der Waals surface area contributed by atoms with E-state index in [0.717, 1.165) is 43.7 Å². The summed E-state index contributed by atoms with van der Waals surface area (Å²) in [6.45, 7) is 5.18. The fourth-order valence-electron chi connectivity index (χ4n) is 2.91. The van der Waals surface area contributed by atoms with Crippen molar-refractivity contribution in [1.82, 2.24) is 4.90 Å². The van der Waals surface area contributed by atoms with E-state index in [4.69, 9.17) is 9.84 Å². The number of nitrogens with zero attached hydrogens (tertiary/aromatic N) is 1. The van der Waals surface area contributed by atoms with Gasteiger partial charge in [-0.15, -0.1) is 0 Å². The number of benzene rings is 1. The zero-order valence-electron chi connectivity index (χ0n) is 12.8.